The first-order valence-electron chi connectivity index (χ1n) is 7.53. The molecule has 1 aromatic rings. The first kappa shape index (κ1) is 20.8. The smallest absolute Gasteiger partial charge is 0.475 e. The fraction of sp³-hybridized carbons (Fsp3) is 0.500. The number of hydrogen-bond acceptors (Lipinski definition) is 4. The first-order valence-corrected chi connectivity index (χ1v) is 7.53. The van der Waals surface area contributed by atoms with Gasteiger partial charge in [0.05, 0.1) is 5.54 Å². The van der Waals surface area contributed by atoms with Crippen LogP contribution in [0.25, 0.3) is 0 Å². The van der Waals surface area contributed by atoms with E-state index in [4.69, 9.17) is 14.6 Å². The molecule has 1 saturated heterocycles. The van der Waals surface area contributed by atoms with Crippen molar-refractivity contribution < 1.29 is 32.6 Å². The van der Waals surface area contributed by atoms with Crippen molar-refractivity contribution in [1.29, 1.82) is 0 Å². The Bertz CT molecular complexity index is 576. The van der Waals surface area contributed by atoms with E-state index in [0.717, 1.165) is 18.7 Å². The zero-order valence-electron chi connectivity index (χ0n) is 14.0. The summed E-state index contributed by atoms with van der Waals surface area (Å²) in [6, 6.07) is 9.74. The number of amides is 1. The second kappa shape index (κ2) is 8.70. The van der Waals surface area contributed by atoms with E-state index in [1.807, 2.05) is 44.2 Å². The standard InChI is InChI=1S/C14H20N2O2.C2HF3O2/c1-14(2)11-15-8-9-16(14)13(17)18-10-12-6-4-3-5-7-12;3-2(4,5)1(6)7/h3-7,15H,8-11H2,1-2H3;(H,6,7). The fourth-order valence-electron chi connectivity index (χ4n) is 2.12. The number of carboxylic acids is 1. The molecule has 0 saturated carbocycles. The number of carboxylic acid groups (broad SMARTS) is 1. The maximum atomic E-state index is 12.1. The number of carbonyl (C=O) groups excluding carboxylic acids is 1. The number of nitrogens with zero attached hydrogens (tertiary/aromatic N) is 1. The Morgan fingerprint density at radius 2 is 1.84 bits per heavy atom. The average molecular weight is 362 g/mol. The van der Waals surface area contributed by atoms with Gasteiger partial charge in [-0.3, -0.25) is 0 Å². The second-order valence-electron chi connectivity index (χ2n) is 5.98. The maximum absolute atomic E-state index is 12.1. The van der Waals surface area contributed by atoms with Gasteiger partial charge in [-0.15, -0.1) is 0 Å². The van der Waals surface area contributed by atoms with Crippen molar-refractivity contribution in [3.8, 4) is 0 Å². The first-order chi connectivity index (χ1) is 11.5. The van der Waals surface area contributed by atoms with Crippen molar-refractivity contribution in [2.24, 2.45) is 0 Å². The third-order valence-corrected chi connectivity index (χ3v) is 3.47. The van der Waals surface area contributed by atoms with Crippen LogP contribution in [-0.2, 0) is 16.1 Å². The van der Waals surface area contributed by atoms with Crippen LogP contribution in [-0.4, -0.2) is 53.4 Å². The summed E-state index contributed by atoms with van der Waals surface area (Å²) in [5, 5.41) is 10.4. The van der Waals surface area contributed by atoms with E-state index < -0.39 is 12.1 Å². The molecule has 1 heterocycles. The highest BCUT2D eigenvalue weighted by Crippen LogP contribution is 2.18. The summed E-state index contributed by atoms with van der Waals surface area (Å²) in [4.78, 5) is 22.8. The molecule has 1 fully saturated rings. The van der Waals surface area contributed by atoms with Crippen LogP contribution in [0.2, 0.25) is 0 Å². The third kappa shape index (κ3) is 7.00. The van der Waals surface area contributed by atoms with Crippen LogP contribution in [0, 0.1) is 0 Å². The van der Waals surface area contributed by atoms with Gasteiger partial charge in [-0.1, -0.05) is 30.3 Å². The van der Waals surface area contributed by atoms with E-state index in [9.17, 15) is 18.0 Å². The lowest BCUT2D eigenvalue weighted by Crippen LogP contribution is -2.59. The second-order valence-corrected chi connectivity index (χ2v) is 5.98. The van der Waals surface area contributed by atoms with Crippen LogP contribution in [0.4, 0.5) is 18.0 Å². The maximum Gasteiger partial charge on any atom is 0.490 e. The van der Waals surface area contributed by atoms with Crippen molar-refractivity contribution in [3.63, 3.8) is 0 Å². The normalized spacial score (nSPS) is 16.4. The molecule has 1 amide bonds. The van der Waals surface area contributed by atoms with Gasteiger partial charge in [0.2, 0.25) is 0 Å². The number of benzene rings is 1. The Morgan fingerprint density at radius 1 is 1.28 bits per heavy atom. The Labute approximate surface area is 143 Å². The van der Waals surface area contributed by atoms with Crippen LogP contribution in [0.3, 0.4) is 0 Å². The fourth-order valence-corrected chi connectivity index (χ4v) is 2.12. The molecular weight excluding hydrogens is 341 g/mol. The molecule has 9 heteroatoms. The van der Waals surface area contributed by atoms with Crippen LogP contribution < -0.4 is 5.32 Å². The predicted molar refractivity (Wildman–Crippen MR) is 84.0 cm³/mol. The highest BCUT2D eigenvalue weighted by molar-refractivity contribution is 5.73. The molecule has 1 aliphatic heterocycles. The molecule has 0 aromatic heterocycles. The van der Waals surface area contributed by atoms with E-state index in [-0.39, 0.29) is 11.6 Å². The molecule has 0 atom stereocenters. The molecule has 25 heavy (non-hydrogen) atoms. The Kier molecular flexibility index (Phi) is 7.22. The van der Waals surface area contributed by atoms with Gasteiger partial charge in [0.25, 0.3) is 0 Å². The van der Waals surface area contributed by atoms with E-state index in [2.05, 4.69) is 5.32 Å². The van der Waals surface area contributed by atoms with E-state index in [1.165, 1.54) is 0 Å². The molecule has 2 N–H and O–H groups in total. The Balaban J connectivity index is 0.000000381. The minimum atomic E-state index is -5.08. The van der Waals surface area contributed by atoms with Gasteiger partial charge in [-0.2, -0.15) is 13.2 Å². The predicted octanol–water partition coefficient (Wildman–Crippen LogP) is 2.64. The van der Waals surface area contributed by atoms with Crippen LogP contribution in [0.5, 0.6) is 0 Å². The molecule has 1 aromatic carbocycles. The van der Waals surface area contributed by atoms with Crippen LogP contribution >= 0.6 is 0 Å². The molecule has 1 aliphatic rings. The minimum absolute atomic E-state index is 0.188. The lowest BCUT2D eigenvalue weighted by Gasteiger charge is -2.41. The molecule has 0 bridgehead atoms. The summed E-state index contributed by atoms with van der Waals surface area (Å²) in [7, 11) is 0. The summed E-state index contributed by atoms with van der Waals surface area (Å²) in [5.74, 6) is -2.76. The largest absolute Gasteiger partial charge is 0.490 e. The van der Waals surface area contributed by atoms with Gasteiger partial charge < -0.3 is 20.1 Å². The zero-order chi connectivity index (χ0) is 19.1. The monoisotopic (exact) mass is 362 g/mol. The Hall–Kier alpha value is -2.29. The number of ether oxygens (including phenoxy) is 1. The third-order valence-electron chi connectivity index (χ3n) is 3.47. The number of carbonyl (C=O) groups is 2. The van der Waals surface area contributed by atoms with Crippen LogP contribution in [0.1, 0.15) is 19.4 Å². The zero-order valence-corrected chi connectivity index (χ0v) is 14.0. The van der Waals surface area contributed by atoms with E-state index in [0.29, 0.717) is 13.2 Å². The summed E-state index contributed by atoms with van der Waals surface area (Å²) in [6.45, 7) is 6.74. The SMILES string of the molecule is CC1(C)CNCCN1C(=O)OCc1ccccc1.O=C(O)C(F)(F)F. The molecule has 0 aliphatic carbocycles. The number of hydrogen-bond donors (Lipinski definition) is 2. The summed E-state index contributed by atoms with van der Waals surface area (Å²) in [6.07, 6.45) is -5.31. The molecule has 6 nitrogen and oxygen atoms in total. The van der Waals surface area contributed by atoms with Gasteiger partial charge in [-0.05, 0) is 19.4 Å². The molecule has 140 valence electrons. The van der Waals surface area contributed by atoms with Gasteiger partial charge in [-0.25, -0.2) is 9.59 Å². The highest BCUT2D eigenvalue weighted by Gasteiger charge is 2.38. The van der Waals surface area contributed by atoms with Crippen molar-refractivity contribution in [2.75, 3.05) is 19.6 Å². The van der Waals surface area contributed by atoms with Crippen LogP contribution in [0.15, 0.2) is 30.3 Å². The number of alkyl halides is 3. The Morgan fingerprint density at radius 3 is 2.32 bits per heavy atom. The average Bonchev–Trinajstić information content (AvgIpc) is 2.53. The molecular formula is C16H21F3N2O4. The minimum Gasteiger partial charge on any atom is -0.475 e. The summed E-state index contributed by atoms with van der Waals surface area (Å²) in [5.41, 5.74) is 0.824. The number of piperazine rings is 1. The highest BCUT2D eigenvalue weighted by atomic mass is 19.4. The van der Waals surface area contributed by atoms with Gasteiger partial charge >= 0.3 is 18.2 Å². The number of halogens is 3. The van der Waals surface area contributed by atoms with Gasteiger partial charge in [0, 0.05) is 19.6 Å². The van der Waals surface area contributed by atoms with Gasteiger partial charge in [0.1, 0.15) is 6.61 Å². The number of aliphatic carboxylic acids is 1. The van der Waals surface area contributed by atoms with Gasteiger partial charge in [0.15, 0.2) is 0 Å². The lowest BCUT2D eigenvalue weighted by atomic mass is 10.0. The summed E-state index contributed by atoms with van der Waals surface area (Å²) >= 11 is 0. The van der Waals surface area contributed by atoms with E-state index >= 15 is 0 Å². The quantitative estimate of drug-likeness (QED) is 0.846. The van der Waals surface area contributed by atoms with E-state index in [1.54, 1.807) is 4.90 Å². The van der Waals surface area contributed by atoms with Crippen molar-refractivity contribution in [2.45, 2.75) is 32.2 Å². The van der Waals surface area contributed by atoms with Crippen molar-refractivity contribution in [1.82, 2.24) is 10.2 Å². The lowest BCUT2D eigenvalue weighted by molar-refractivity contribution is -0.192. The molecule has 0 radical (unpaired) electrons. The molecule has 2 rings (SSSR count). The number of rotatable bonds is 2. The topological polar surface area (TPSA) is 78.9 Å². The molecule has 0 unspecified atom stereocenters. The number of nitrogens with one attached hydrogen (secondary N) is 1. The summed E-state index contributed by atoms with van der Waals surface area (Å²) < 4.78 is 37.1. The van der Waals surface area contributed by atoms with Crippen molar-refractivity contribution in [3.05, 3.63) is 35.9 Å². The molecule has 0 spiro atoms. The van der Waals surface area contributed by atoms with Crippen molar-refractivity contribution >= 4 is 12.1 Å².